The molecule has 130 valence electrons. The Hall–Kier alpha value is -3.05. The molecule has 3 aromatic rings. The van der Waals surface area contributed by atoms with Crippen LogP contribution in [0.15, 0.2) is 65.1 Å². The zero-order valence-corrected chi connectivity index (χ0v) is 14.4. The van der Waals surface area contributed by atoms with E-state index < -0.39 is 11.9 Å². The number of amides is 1. The molecule has 0 spiro atoms. The molecule has 0 bridgehead atoms. The van der Waals surface area contributed by atoms with Crippen molar-refractivity contribution in [2.45, 2.75) is 19.9 Å². The Bertz CT molecular complexity index is 855. The second kappa shape index (κ2) is 8.17. The topological polar surface area (TPSA) is 108 Å². The van der Waals surface area contributed by atoms with E-state index in [2.05, 4.69) is 0 Å². The third-order valence-corrected chi connectivity index (χ3v) is 3.62. The molecule has 2 aromatic carbocycles. The first-order valence-corrected chi connectivity index (χ1v) is 7.90. The highest BCUT2D eigenvalue weighted by Gasteiger charge is 2.10. The van der Waals surface area contributed by atoms with Gasteiger partial charge < -0.3 is 21.6 Å². The summed E-state index contributed by atoms with van der Waals surface area (Å²) in [5, 5.41) is 0. The van der Waals surface area contributed by atoms with E-state index in [-0.39, 0.29) is 0 Å². The molecule has 25 heavy (non-hydrogen) atoms. The number of nitrogen functional groups attached to an aromatic ring is 1. The van der Waals surface area contributed by atoms with Gasteiger partial charge in [0.2, 0.25) is 5.91 Å². The number of carbonyl (C=O) groups excluding carboxylic acids is 1. The van der Waals surface area contributed by atoms with Gasteiger partial charge in [0.15, 0.2) is 0 Å². The number of primary amides is 1. The number of benzene rings is 2. The van der Waals surface area contributed by atoms with Crippen LogP contribution in [0.3, 0.4) is 0 Å². The lowest BCUT2D eigenvalue weighted by molar-refractivity contribution is -0.119. The summed E-state index contributed by atoms with van der Waals surface area (Å²) in [6, 6.07) is 18.3. The Kier molecular flexibility index (Phi) is 5.98. The number of hydrogen-bond acceptors (Lipinski definition) is 4. The molecular formula is C20H23N3O2. The van der Waals surface area contributed by atoms with E-state index >= 15 is 0 Å². The van der Waals surface area contributed by atoms with Crippen molar-refractivity contribution in [1.82, 2.24) is 0 Å². The van der Waals surface area contributed by atoms with Crippen LogP contribution in [0.1, 0.15) is 22.9 Å². The summed E-state index contributed by atoms with van der Waals surface area (Å²) >= 11 is 0. The van der Waals surface area contributed by atoms with Gasteiger partial charge in [0.1, 0.15) is 17.6 Å². The molecule has 1 heterocycles. The molecule has 0 saturated heterocycles. The largest absolute Gasteiger partial charge is 0.461 e. The van der Waals surface area contributed by atoms with E-state index in [1.807, 2.05) is 68.4 Å². The van der Waals surface area contributed by atoms with Gasteiger partial charge in [-0.05, 0) is 43.7 Å². The van der Waals surface area contributed by atoms with Crippen molar-refractivity contribution in [3.8, 4) is 11.3 Å². The van der Waals surface area contributed by atoms with Crippen molar-refractivity contribution in [1.29, 1.82) is 0 Å². The molecule has 0 radical (unpaired) electrons. The van der Waals surface area contributed by atoms with Crippen molar-refractivity contribution in [2.24, 2.45) is 11.5 Å². The summed E-state index contributed by atoms with van der Waals surface area (Å²) in [5.41, 5.74) is 19.9. The predicted molar refractivity (Wildman–Crippen MR) is 101 cm³/mol. The first kappa shape index (κ1) is 18.3. The van der Waals surface area contributed by atoms with Gasteiger partial charge in [0.25, 0.3) is 0 Å². The molecule has 0 aliphatic rings. The lowest BCUT2D eigenvalue weighted by Gasteiger charge is -2.07. The molecule has 1 atom stereocenters. The van der Waals surface area contributed by atoms with E-state index in [1.54, 1.807) is 6.07 Å². The highest BCUT2D eigenvalue weighted by molar-refractivity contribution is 5.81. The first-order chi connectivity index (χ1) is 11.9. The zero-order chi connectivity index (χ0) is 18.4. The molecule has 0 aliphatic heterocycles. The van der Waals surface area contributed by atoms with Gasteiger partial charge in [0, 0.05) is 11.3 Å². The molecular weight excluding hydrogens is 314 g/mol. The summed E-state index contributed by atoms with van der Waals surface area (Å²) in [7, 11) is 0. The third-order valence-electron chi connectivity index (χ3n) is 3.62. The van der Waals surface area contributed by atoms with Crippen LogP contribution in [0.4, 0.5) is 5.69 Å². The van der Waals surface area contributed by atoms with Crippen LogP contribution in [0.2, 0.25) is 0 Å². The molecule has 3 rings (SSSR count). The van der Waals surface area contributed by atoms with Crippen molar-refractivity contribution in [3.63, 3.8) is 0 Å². The van der Waals surface area contributed by atoms with Crippen LogP contribution in [-0.4, -0.2) is 5.91 Å². The van der Waals surface area contributed by atoms with Crippen LogP contribution >= 0.6 is 0 Å². The fourth-order valence-corrected chi connectivity index (χ4v) is 2.31. The maximum absolute atomic E-state index is 10.7. The van der Waals surface area contributed by atoms with E-state index in [0.717, 1.165) is 33.9 Å². The van der Waals surface area contributed by atoms with Crippen molar-refractivity contribution < 1.29 is 9.21 Å². The summed E-state index contributed by atoms with van der Waals surface area (Å²) in [4.78, 5) is 10.7. The summed E-state index contributed by atoms with van der Waals surface area (Å²) in [5.74, 6) is 1.28. The fraction of sp³-hybridized carbons (Fsp3) is 0.150. The number of nitrogens with two attached hydrogens (primary N) is 3. The Morgan fingerprint density at radius 3 is 2.28 bits per heavy atom. The molecule has 5 heteroatoms. The highest BCUT2D eigenvalue weighted by Crippen LogP contribution is 2.23. The predicted octanol–water partition coefficient (Wildman–Crippen LogP) is 3.32. The molecule has 0 fully saturated rings. The van der Waals surface area contributed by atoms with Gasteiger partial charge in [-0.15, -0.1) is 0 Å². The van der Waals surface area contributed by atoms with E-state index in [9.17, 15) is 4.79 Å². The Morgan fingerprint density at radius 1 is 1.00 bits per heavy atom. The number of furan rings is 1. The number of carbonyl (C=O) groups is 1. The minimum absolute atomic E-state index is 0.499. The number of hydrogen-bond donors (Lipinski definition) is 3. The fourth-order valence-electron chi connectivity index (χ4n) is 2.31. The Labute approximate surface area is 147 Å². The van der Waals surface area contributed by atoms with Gasteiger partial charge in [-0.2, -0.15) is 0 Å². The number of anilines is 1. The second-order valence-electron chi connectivity index (χ2n) is 5.83. The van der Waals surface area contributed by atoms with E-state index in [0.29, 0.717) is 0 Å². The van der Waals surface area contributed by atoms with Gasteiger partial charge in [-0.3, -0.25) is 4.79 Å². The number of rotatable bonds is 3. The first-order valence-electron chi connectivity index (χ1n) is 7.90. The van der Waals surface area contributed by atoms with E-state index in [4.69, 9.17) is 21.6 Å². The lowest BCUT2D eigenvalue weighted by atomic mass is 10.1. The van der Waals surface area contributed by atoms with Crippen molar-refractivity contribution in [3.05, 3.63) is 77.6 Å². The Morgan fingerprint density at radius 2 is 1.72 bits per heavy atom. The van der Waals surface area contributed by atoms with Gasteiger partial charge in [0.05, 0.1) is 0 Å². The van der Waals surface area contributed by atoms with Crippen molar-refractivity contribution >= 4 is 11.6 Å². The average molecular weight is 337 g/mol. The highest BCUT2D eigenvalue weighted by atomic mass is 16.3. The minimum Gasteiger partial charge on any atom is -0.461 e. The SMILES string of the molecule is Cc1ccc(-c2cccc(N)c2)o1.Cc1cccc(C(N)C(N)=O)c1. The van der Waals surface area contributed by atoms with Gasteiger partial charge >= 0.3 is 0 Å². The summed E-state index contributed by atoms with van der Waals surface area (Å²) in [6.07, 6.45) is 0. The molecule has 1 aromatic heterocycles. The maximum atomic E-state index is 10.7. The summed E-state index contributed by atoms with van der Waals surface area (Å²) in [6.45, 7) is 3.87. The lowest BCUT2D eigenvalue weighted by Crippen LogP contribution is -2.28. The van der Waals surface area contributed by atoms with Gasteiger partial charge in [-0.1, -0.05) is 42.0 Å². The molecule has 6 N–H and O–H groups in total. The van der Waals surface area contributed by atoms with Crippen LogP contribution in [0.25, 0.3) is 11.3 Å². The smallest absolute Gasteiger partial charge is 0.238 e. The van der Waals surface area contributed by atoms with Crippen LogP contribution in [0, 0.1) is 13.8 Å². The van der Waals surface area contributed by atoms with Crippen LogP contribution in [-0.2, 0) is 4.79 Å². The van der Waals surface area contributed by atoms with Crippen LogP contribution in [0.5, 0.6) is 0 Å². The second-order valence-corrected chi connectivity index (χ2v) is 5.83. The monoisotopic (exact) mass is 337 g/mol. The third kappa shape index (κ3) is 5.22. The van der Waals surface area contributed by atoms with Gasteiger partial charge in [-0.25, -0.2) is 0 Å². The van der Waals surface area contributed by atoms with Crippen molar-refractivity contribution in [2.75, 3.05) is 5.73 Å². The molecule has 0 aliphatic carbocycles. The van der Waals surface area contributed by atoms with Crippen LogP contribution < -0.4 is 17.2 Å². The molecule has 0 saturated carbocycles. The summed E-state index contributed by atoms with van der Waals surface area (Å²) < 4.78 is 5.47. The molecule has 1 amide bonds. The normalized spacial score (nSPS) is 11.3. The molecule has 5 nitrogen and oxygen atoms in total. The van der Waals surface area contributed by atoms with E-state index in [1.165, 1.54) is 0 Å². The molecule has 1 unspecified atom stereocenters. The quantitative estimate of drug-likeness (QED) is 0.637. The number of aryl methyl sites for hydroxylation is 2. The minimum atomic E-state index is -0.690. The Balaban J connectivity index is 0.000000181. The maximum Gasteiger partial charge on any atom is 0.238 e. The zero-order valence-electron chi connectivity index (χ0n) is 14.4. The standard InChI is InChI=1S/C11H11NO.C9H12N2O/c1-8-5-6-11(13-8)9-3-2-4-10(12)7-9;1-6-3-2-4-7(5-6)8(10)9(11)12/h2-7H,12H2,1H3;2-5,8H,10H2,1H3,(H2,11,12). The average Bonchev–Trinajstić information content (AvgIpc) is 3.01.